The topological polar surface area (TPSA) is 101 Å². The van der Waals surface area contributed by atoms with Gasteiger partial charge in [-0.3, -0.25) is 14.9 Å². The predicted octanol–water partition coefficient (Wildman–Crippen LogP) is 2.20. The molecule has 0 aliphatic carbocycles. The van der Waals surface area contributed by atoms with E-state index in [0.717, 1.165) is 5.56 Å². The zero-order valence-corrected chi connectivity index (χ0v) is 12.8. The summed E-state index contributed by atoms with van der Waals surface area (Å²) in [6.45, 7) is -0.390. The second kappa shape index (κ2) is 7.61. The lowest BCUT2D eigenvalue weighted by Crippen LogP contribution is -2.31. The molecule has 120 valence electrons. The number of benzene rings is 2. The van der Waals surface area contributed by atoms with Crippen molar-refractivity contribution in [3.63, 3.8) is 0 Å². The minimum absolute atomic E-state index is 0.0188. The van der Waals surface area contributed by atoms with Gasteiger partial charge >= 0.3 is 5.97 Å². The Labute approximate surface area is 134 Å². The fraction of sp³-hybridized carbons (Fsp3) is 0.133. The second-order valence-corrected chi connectivity index (χ2v) is 6.11. The van der Waals surface area contributed by atoms with Gasteiger partial charge in [-0.15, -0.1) is 0 Å². The Hall–Kier alpha value is -2.58. The van der Waals surface area contributed by atoms with E-state index < -0.39 is 28.4 Å². The lowest BCUT2D eigenvalue weighted by Gasteiger charge is -2.19. The standard InChI is InChI=1S/C15H14N2O5S/c18-15(19)11-16(10-12-6-2-1-3-7-12)23(22)14-9-5-4-8-13(14)17(20)21/h1-9H,10-11H2,(H,18,19). The Morgan fingerprint density at radius 3 is 2.35 bits per heavy atom. The highest BCUT2D eigenvalue weighted by Gasteiger charge is 2.25. The lowest BCUT2D eigenvalue weighted by molar-refractivity contribution is -0.387. The molecule has 8 heteroatoms. The Morgan fingerprint density at radius 1 is 1.13 bits per heavy atom. The van der Waals surface area contributed by atoms with Crippen molar-refractivity contribution in [3.8, 4) is 0 Å². The predicted molar refractivity (Wildman–Crippen MR) is 84.0 cm³/mol. The van der Waals surface area contributed by atoms with Crippen LogP contribution in [0.3, 0.4) is 0 Å². The van der Waals surface area contributed by atoms with E-state index in [1.54, 1.807) is 24.3 Å². The number of carboxylic acid groups (broad SMARTS) is 1. The summed E-state index contributed by atoms with van der Waals surface area (Å²) < 4.78 is 13.9. The molecule has 0 heterocycles. The van der Waals surface area contributed by atoms with Crippen LogP contribution in [-0.4, -0.2) is 31.1 Å². The highest BCUT2D eigenvalue weighted by Crippen LogP contribution is 2.24. The maximum absolute atomic E-state index is 12.7. The van der Waals surface area contributed by atoms with Crippen molar-refractivity contribution in [1.29, 1.82) is 0 Å². The summed E-state index contributed by atoms with van der Waals surface area (Å²) in [7, 11) is -1.96. The number of nitro benzene ring substituents is 1. The first-order valence-electron chi connectivity index (χ1n) is 6.65. The van der Waals surface area contributed by atoms with Crippen molar-refractivity contribution in [2.75, 3.05) is 6.54 Å². The highest BCUT2D eigenvalue weighted by atomic mass is 32.2. The number of rotatable bonds is 7. The summed E-state index contributed by atoms with van der Waals surface area (Å²) in [5, 5.41) is 20.1. The molecule has 0 bridgehead atoms. The van der Waals surface area contributed by atoms with Gasteiger partial charge in [0.15, 0.2) is 0 Å². The summed E-state index contributed by atoms with van der Waals surface area (Å²) in [4.78, 5) is 21.5. The van der Waals surface area contributed by atoms with E-state index >= 15 is 0 Å². The van der Waals surface area contributed by atoms with E-state index in [1.165, 1.54) is 28.6 Å². The lowest BCUT2D eigenvalue weighted by atomic mass is 10.2. The molecule has 2 aromatic rings. The first-order chi connectivity index (χ1) is 11.0. The zero-order chi connectivity index (χ0) is 16.8. The molecule has 1 atom stereocenters. The van der Waals surface area contributed by atoms with Crippen molar-refractivity contribution >= 4 is 22.6 Å². The average Bonchev–Trinajstić information content (AvgIpc) is 2.54. The Balaban J connectivity index is 2.34. The molecule has 0 amide bonds. The van der Waals surface area contributed by atoms with Crippen molar-refractivity contribution < 1.29 is 19.0 Å². The SMILES string of the molecule is O=C(O)CN(Cc1ccccc1)S(=O)c1ccccc1[N+](=O)[O-]. The van der Waals surface area contributed by atoms with Crippen LogP contribution in [0, 0.1) is 10.1 Å². The Bertz CT molecular complexity index is 736. The van der Waals surface area contributed by atoms with Crippen LogP contribution in [0.25, 0.3) is 0 Å². The molecule has 0 saturated carbocycles. The molecule has 0 saturated heterocycles. The van der Waals surface area contributed by atoms with Gasteiger partial charge in [0.05, 0.1) is 4.92 Å². The van der Waals surface area contributed by atoms with Crippen LogP contribution in [0.4, 0.5) is 5.69 Å². The summed E-state index contributed by atoms with van der Waals surface area (Å²) in [5.41, 5.74) is 0.468. The minimum atomic E-state index is -1.96. The summed E-state index contributed by atoms with van der Waals surface area (Å²) >= 11 is 0. The quantitative estimate of drug-likeness (QED) is 0.618. The van der Waals surface area contributed by atoms with Crippen LogP contribution >= 0.6 is 0 Å². The van der Waals surface area contributed by atoms with E-state index in [2.05, 4.69) is 0 Å². The number of carbonyl (C=O) groups is 1. The van der Waals surface area contributed by atoms with Crippen LogP contribution in [-0.2, 0) is 22.3 Å². The van der Waals surface area contributed by atoms with Crippen molar-refractivity contribution in [2.45, 2.75) is 11.4 Å². The van der Waals surface area contributed by atoms with E-state index in [-0.39, 0.29) is 17.1 Å². The average molecular weight is 334 g/mol. The molecule has 7 nitrogen and oxygen atoms in total. The summed E-state index contributed by atoms with van der Waals surface area (Å²) in [5.74, 6) is -1.16. The molecule has 1 N–H and O–H groups in total. The first kappa shape index (κ1) is 16.8. The van der Waals surface area contributed by atoms with E-state index in [9.17, 15) is 19.1 Å². The number of aliphatic carboxylic acids is 1. The number of nitro groups is 1. The van der Waals surface area contributed by atoms with Gasteiger partial charge in [-0.2, -0.15) is 0 Å². The van der Waals surface area contributed by atoms with E-state index in [1.807, 2.05) is 6.07 Å². The summed E-state index contributed by atoms with van der Waals surface area (Å²) in [6.07, 6.45) is 0. The molecule has 1 unspecified atom stereocenters. The molecule has 0 aromatic heterocycles. The number of carboxylic acids is 1. The van der Waals surface area contributed by atoms with Crippen LogP contribution in [0.15, 0.2) is 59.5 Å². The monoisotopic (exact) mass is 334 g/mol. The molecular weight excluding hydrogens is 320 g/mol. The van der Waals surface area contributed by atoms with Gasteiger partial charge in [0.1, 0.15) is 22.4 Å². The minimum Gasteiger partial charge on any atom is -0.480 e. The van der Waals surface area contributed by atoms with Gasteiger partial charge in [0.2, 0.25) is 0 Å². The normalized spacial score (nSPS) is 12.0. The Morgan fingerprint density at radius 2 is 1.74 bits per heavy atom. The third-order valence-electron chi connectivity index (χ3n) is 3.00. The molecular formula is C15H14N2O5S. The van der Waals surface area contributed by atoms with Gasteiger partial charge in [-0.25, -0.2) is 8.51 Å². The van der Waals surface area contributed by atoms with Crippen LogP contribution in [0.2, 0.25) is 0 Å². The largest absolute Gasteiger partial charge is 0.480 e. The molecule has 0 radical (unpaired) electrons. The maximum atomic E-state index is 12.7. The number of hydrogen-bond acceptors (Lipinski definition) is 4. The van der Waals surface area contributed by atoms with Crippen LogP contribution in [0.1, 0.15) is 5.56 Å². The van der Waals surface area contributed by atoms with Gasteiger partial charge in [-0.05, 0) is 11.6 Å². The fourth-order valence-corrected chi connectivity index (χ4v) is 3.29. The van der Waals surface area contributed by atoms with Crippen molar-refractivity contribution in [1.82, 2.24) is 4.31 Å². The second-order valence-electron chi connectivity index (χ2n) is 4.65. The molecule has 2 aromatic carbocycles. The molecule has 0 aliphatic heterocycles. The number of para-hydroxylation sites is 1. The van der Waals surface area contributed by atoms with Crippen LogP contribution < -0.4 is 0 Å². The number of nitrogens with zero attached hydrogens (tertiary/aromatic N) is 2. The van der Waals surface area contributed by atoms with Crippen LogP contribution in [0.5, 0.6) is 0 Å². The first-order valence-corrected chi connectivity index (χ1v) is 7.75. The summed E-state index contributed by atoms with van der Waals surface area (Å²) in [6, 6.07) is 14.5. The Kier molecular flexibility index (Phi) is 5.56. The van der Waals surface area contributed by atoms with Gasteiger partial charge in [0.25, 0.3) is 5.69 Å². The molecule has 2 rings (SSSR count). The highest BCUT2D eigenvalue weighted by molar-refractivity contribution is 7.82. The molecule has 0 spiro atoms. The molecule has 0 aliphatic rings. The molecule has 23 heavy (non-hydrogen) atoms. The van der Waals surface area contributed by atoms with Crippen molar-refractivity contribution in [3.05, 3.63) is 70.3 Å². The van der Waals surface area contributed by atoms with Gasteiger partial charge in [-0.1, -0.05) is 42.5 Å². The van der Waals surface area contributed by atoms with Gasteiger partial charge in [0, 0.05) is 12.6 Å². The number of hydrogen-bond donors (Lipinski definition) is 1. The third-order valence-corrected chi connectivity index (χ3v) is 4.45. The van der Waals surface area contributed by atoms with E-state index in [4.69, 9.17) is 5.11 Å². The maximum Gasteiger partial charge on any atom is 0.318 e. The van der Waals surface area contributed by atoms with E-state index in [0.29, 0.717) is 0 Å². The molecule has 0 fully saturated rings. The fourth-order valence-electron chi connectivity index (χ4n) is 2.01. The zero-order valence-electron chi connectivity index (χ0n) is 12.0. The smallest absolute Gasteiger partial charge is 0.318 e. The third kappa shape index (κ3) is 4.44. The van der Waals surface area contributed by atoms with Gasteiger partial charge < -0.3 is 5.11 Å². The van der Waals surface area contributed by atoms with Crippen molar-refractivity contribution in [2.24, 2.45) is 0 Å².